The van der Waals surface area contributed by atoms with Gasteiger partial charge in [-0.3, -0.25) is 9.59 Å². The van der Waals surface area contributed by atoms with Crippen LogP contribution < -0.4 is 5.32 Å². The molecule has 28 heavy (non-hydrogen) atoms. The molecular formula is C20H23FN2O4S. The average molecular weight is 406 g/mol. The molecule has 1 unspecified atom stereocenters. The van der Waals surface area contributed by atoms with Gasteiger partial charge in [-0.1, -0.05) is 18.2 Å². The SMILES string of the molecule is O=C(NCCc1cccs1)[C@H](O)[C@@H](O)C(=O)N1CCCC1c1cccc(F)c1. The second kappa shape index (κ2) is 9.27. The minimum absolute atomic E-state index is 0.299. The summed E-state index contributed by atoms with van der Waals surface area (Å²) >= 11 is 1.56. The zero-order chi connectivity index (χ0) is 20.1. The van der Waals surface area contributed by atoms with Crippen LogP contribution in [0.2, 0.25) is 0 Å². The molecule has 1 saturated heterocycles. The van der Waals surface area contributed by atoms with Crippen molar-refractivity contribution < 1.29 is 24.2 Å². The third-order valence-electron chi connectivity index (χ3n) is 4.84. The lowest BCUT2D eigenvalue weighted by Gasteiger charge is -2.28. The fourth-order valence-electron chi connectivity index (χ4n) is 3.41. The molecule has 0 saturated carbocycles. The number of hydrogen-bond donors (Lipinski definition) is 3. The van der Waals surface area contributed by atoms with Gasteiger partial charge in [0.05, 0.1) is 6.04 Å². The van der Waals surface area contributed by atoms with E-state index in [4.69, 9.17) is 0 Å². The van der Waals surface area contributed by atoms with Crippen LogP contribution in [0.4, 0.5) is 4.39 Å². The fraction of sp³-hybridized carbons (Fsp3) is 0.400. The zero-order valence-corrected chi connectivity index (χ0v) is 16.1. The van der Waals surface area contributed by atoms with Gasteiger partial charge in [0.15, 0.2) is 12.2 Å². The first-order valence-corrected chi connectivity index (χ1v) is 10.1. The molecule has 2 amide bonds. The maximum atomic E-state index is 13.5. The minimum Gasteiger partial charge on any atom is -0.380 e. The summed E-state index contributed by atoms with van der Waals surface area (Å²) in [6.07, 6.45) is -1.79. The highest BCUT2D eigenvalue weighted by Crippen LogP contribution is 2.32. The van der Waals surface area contributed by atoms with Crippen LogP contribution in [0.5, 0.6) is 0 Å². The van der Waals surface area contributed by atoms with E-state index in [-0.39, 0.29) is 6.04 Å². The summed E-state index contributed by atoms with van der Waals surface area (Å²) in [6, 6.07) is 9.43. The van der Waals surface area contributed by atoms with Gasteiger partial charge >= 0.3 is 0 Å². The van der Waals surface area contributed by atoms with Gasteiger partial charge in [0.25, 0.3) is 11.8 Å². The lowest BCUT2D eigenvalue weighted by Crippen LogP contribution is -2.50. The average Bonchev–Trinajstić information content (AvgIpc) is 3.38. The molecule has 1 fully saturated rings. The number of nitrogens with one attached hydrogen (secondary N) is 1. The summed E-state index contributed by atoms with van der Waals surface area (Å²) < 4.78 is 13.5. The van der Waals surface area contributed by atoms with E-state index < -0.39 is 29.8 Å². The summed E-state index contributed by atoms with van der Waals surface area (Å²) in [5, 5.41) is 24.8. The molecule has 0 bridgehead atoms. The summed E-state index contributed by atoms with van der Waals surface area (Å²) in [5.41, 5.74) is 0.632. The van der Waals surface area contributed by atoms with E-state index in [0.717, 1.165) is 4.88 Å². The summed E-state index contributed by atoms with van der Waals surface area (Å²) in [6.45, 7) is 0.677. The van der Waals surface area contributed by atoms with Gasteiger partial charge in [0.1, 0.15) is 5.82 Å². The van der Waals surface area contributed by atoms with E-state index in [2.05, 4.69) is 5.32 Å². The highest BCUT2D eigenvalue weighted by atomic mass is 32.1. The first-order chi connectivity index (χ1) is 13.5. The van der Waals surface area contributed by atoms with Gasteiger partial charge < -0.3 is 20.4 Å². The molecule has 6 nitrogen and oxygen atoms in total. The Morgan fingerprint density at radius 3 is 2.79 bits per heavy atom. The fourth-order valence-corrected chi connectivity index (χ4v) is 4.12. The molecule has 150 valence electrons. The molecule has 2 aromatic rings. The molecule has 3 N–H and O–H groups in total. The van der Waals surface area contributed by atoms with Gasteiger partial charge in [-0.05, 0) is 48.4 Å². The van der Waals surface area contributed by atoms with Crippen molar-refractivity contribution in [2.24, 2.45) is 0 Å². The standard InChI is InChI=1S/C20H23FN2O4S/c21-14-5-1-4-13(12-14)16-7-2-10-23(16)20(27)18(25)17(24)19(26)22-9-8-15-6-3-11-28-15/h1,3-6,11-12,16-18,24-25H,2,7-10H2,(H,22,26)/t16?,17-,18-/m1/s1. The Morgan fingerprint density at radius 2 is 2.07 bits per heavy atom. The van der Waals surface area contributed by atoms with Crippen molar-refractivity contribution in [3.8, 4) is 0 Å². The largest absolute Gasteiger partial charge is 0.380 e. The topological polar surface area (TPSA) is 89.9 Å². The van der Waals surface area contributed by atoms with Crippen molar-refractivity contribution in [3.63, 3.8) is 0 Å². The number of rotatable bonds is 7. The zero-order valence-electron chi connectivity index (χ0n) is 15.3. The van der Waals surface area contributed by atoms with Gasteiger partial charge in [0, 0.05) is 18.0 Å². The van der Waals surface area contributed by atoms with Crippen LogP contribution >= 0.6 is 11.3 Å². The van der Waals surface area contributed by atoms with E-state index in [1.807, 2.05) is 17.5 Å². The molecular weight excluding hydrogens is 383 g/mol. The van der Waals surface area contributed by atoms with E-state index >= 15 is 0 Å². The Morgan fingerprint density at radius 1 is 1.25 bits per heavy atom. The third-order valence-corrected chi connectivity index (χ3v) is 5.78. The van der Waals surface area contributed by atoms with Crippen molar-refractivity contribution in [2.75, 3.05) is 13.1 Å². The van der Waals surface area contributed by atoms with Gasteiger partial charge in [-0.25, -0.2) is 4.39 Å². The smallest absolute Gasteiger partial charge is 0.255 e. The summed E-state index contributed by atoms with van der Waals surface area (Å²) in [4.78, 5) is 27.2. The highest BCUT2D eigenvalue weighted by molar-refractivity contribution is 7.09. The molecule has 3 atom stereocenters. The van der Waals surface area contributed by atoms with Crippen LogP contribution in [0.3, 0.4) is 0 Å². The number of aliphatic hydroxyl groups is 2. The molecule has 0 radical (unpaired) electrons. The first kappa shape index (κ1) is 20.4. The molecule has 1 aromatic heterocycles. The lowest BCUT2D eigenvalue weighted by molar-refractivity contribution is -0.153. The Balaban J connectivity index is 1.58. The van der Waals surface area contributed by atoms with Gasteiger partial charge in [-0.2, -0.15) is 0 Å². The normalized spacial score (nSPS) is 18.7. The maximum absolute atomic E-state index is 13.5. The number of amides is 2. The number of hydrogen-bond acceptors (Lipinski definition) is 5. The number of aliphatic hydroxyl groups excluding tert-OH is 2. The quantitative estimate of drug-likeness (QED) is 0.652. The third kappa shape index (κ3) is 4.76. The monoisotopic (exact) mass is 406 g/mol. The Labute approximate surface area is 166 Å². The van der Waals surface area contributed by atoms with Crippen LogP contribution in [0.25, 0.3) is 0 Å². The molecule has 1 aliphatic heterocycles. The van der Waals surface area contributed by atoms with Crippen molar-refractivity contribution in [3.05, 3.63) is 58.0 Å². The summed E-state index contributed by atoms with van der Waals surface area (Å²) in [5.74, 6) is -1.92. The van der Waals surface area contributed by atoms with Crippen LogP contribution in [0.15, 0.2) is 41.8 Å². The molecule has 2 heterocycles. The number of thiophene rings is 1. The summed E-state index contributed by atoms with van der Waals surface area (Å²) in [7, 11) is 0. The van der Waals surface area contributed by atoms with E-state index in [9.17, 15) is 24.2 Å². The number of carbonyl (C=O) groups is 2. The van der Waals surface area contributed by atoms with Crippen molar-refractivity contribution in [1.82, 2.24) is 10.2 Å². The van der Waals surface area contributed by atoms with Gasteiger partial charge in [0.2, 0.25) is 0 Å². The van der Waals surface area contributed by atoms with Crippen LogP contribution in [0, 0.1) is 5.82 Å². The molecule has 8 heteroatoms. The number of nitrogens with zero attached hydrogens (tertiary/aromatic N) is 1. The maximum Gasteiger partial charge on any atom is 0.255 e. The molecule has 1 aliphatic rings. The number of benzene rings is 1. The Kier molecular flexibility index (Phi) is 6.77. The second-order valence-corrected chi connectivity index (χ2v) is 7.79. The van der Waals surface area contributed by atoms with Crippen molar-refractivity contribution in [1.29, 1.82) is 0 Å². The Bertz CT molecular complexity index is 814. The predicted molar refractivity (Wildman–Crippen MR) is 103 cm³/mol. The Hall–Kier alpha value is -2.29. The number of carbonyl (C=O) groups excluding carboxylic acids is 2. The number of likely N-dealkylation sites (tertiary alicyclic amines) is 1. The molecule has 0 aliphatic carbocycles. The second-order valence-electron chi connectivity index (χ2n) is 6.75. The molecule has 1 aromatic carbocycles. The molecule has 3 rings (SSSR count). The number of halogens is 1. The van der Waals surface area contributed by atoms with Crippen LogP contribution in [-0.4, -0.2) is 52.2 Å². The van der Waals surface area contributed by atoms with E-state index in [1.54, 1.807) is 23.5 Å². The van der Waals surface area contributed by atoms with E-state index in [1.165, 1.54) is 17.0 Å². The van der Waals surface area contributed by atoms with Crippen molar-refractivity contribution >= 4 is 23.2 Å². The molecule has 0 spiro atoms. The predicted octanol–water partition coefficient (Wildman–Crippen LogP) is 1.63. The first-order valence-electron chi connectivity index (χ1n) is 9.19. The lowest BCUT2D eigenvalue weighted by atomic mass is 10.0. The van der Waals surface area contributed by atoms with E-state index in [0.29, 0.717) is 37.9 Å². The minimum atomic E-state index is -1.86. The van der Waals surface area contributed by atoms with Crippen molar-refractivity contribution in [2.45, 2.75) is 37.5 Å². The highest BCUT2D eigenvalue weighted by Gasteiger charge is 2.38. The van der Waals surface area contributed by atoms with Gasteiger partial charge in [-0.15, -0.1) is 11.3 Å². The van der Waals surface area contributed by atoms with Crippen LogP contribution in [0.1, 0.15) is 29.3 Å². The van der Waals surface area contributed by atoms with Crippen LogP contribution in [-0.2, 0) is 16.0 Å².